The van der Waals surface area contributed by atoms with E-state index in [1.165, 1.54) is 5.57 Å². The van der Waals surface area contributed by atoms with E-state index in [0.29, 0.717) is 0 Å². The third kappa shape index (κ3) is 3.56. The molecule has 4 nitrogen and oxygen atoms in total. The molecule has 1 spiro atoms. The van der Waals surface area contributed by atoms with Crippen LogP contribution in [0.25, 0.3) is 5.57 Å². The van der Waals surface area contributed by atoms with Crippen LogP contribution < -0.4 is 5.14 Å². The van der Waals surface area contributed by atoms with Gasteiger partial charge in [-0.3, -0.25) is 0 Å². The van der Waals surface area contributed by atoms with E-state index < -0.39 is 14.5 Å². The van der Waals surface area contributed by atoms with Crippen molar-refractivity contribution in [2.45, 2.75) is 22.2 Å². The molecule has 2 N–H and O–H groups in total. The Labute approximate surface area is 190 Å². The van der Waals surface area contributed by atoms with E-state index in [9.17, 15) is 8.42 Å². The molecule has 1 fully saturated rings. The normalized spacial score (nSPS) is 28.5. The number of halogens is 3. The molecule has 0 aliphatic heterocycles. The second kappa shape index (κ2) is 7.03. The molecule has 2 atom stereocenters. The summed E-state index contributed by atoms with van der Waals surface area (Å²) < 4.78 is 29.9. The molecule has 1 aromatic carbocycles. The summed E-state index contributed by atoms with van der Waals surface area (Å²) in [7, 11) is -2.06. The van der Waals surface area contributed by atoms with Crippen molar-refractivity contribution >= 4 is 63.4 Å². The lowest BCUT2D eigenvalue weighted by Gasteiger charge is -2.31. The molecule has 1 aromatic rings. The molecule has 2 unspecified atom stereocenters. The number of nitrogens with two attached hydrogens (primary N) is 1. The molecule has 0 saturated heterocycles. The van der Waals surface area contributed by atoms with Gasteiger partial charge < -0.3 is 4.74 Å². The largest absolute Gasteiger partial charge is 0.358 e. The summed E-state index contributed by atoms with van der Waals surface area (Å²) in [4.78, 5) is 0.118. The molecule has 148 valence electrons. The fraction of sp³-hybridized carbons (Fsp3) is 0.300. The highest BCUT2D eigenvalue weighted by Crippen LogP contribution is 2.59. The SMILES string of the molecule is COC1(Br)C=CC(C2=CC3(C=C2c2ccc(S(N)(=O)=O)cc2)CC3)C(Br)=C1Br. The van der Waals surface area contributed by atoms with Crippen LogP contribution in [0.4, 0.5) is 0 Å². The number of methoxy groups -OCH3 is 1. The summed E-state index contributed by atoms with van der Waals surface area (Å²) in [6.07, 6.45) is 11.0. The fourth-order valence-corrected chi connectivity index (χ4v) is 6.02. The van der Waals surface area contributed by atoms with Gasteiger partial charge in [0.25, 0.3) is 0 Å². The van der Waals surface area contributed by atoms with Gasteiger partial charge in [-0.05, 0) is 63.7 Å². The van der Waals surface area contributed by atoms with E-state index >= 15 is 0 Å². The fourth-order valence-electron chi connectivity index (χ4n) is 3.64. The summed E-state index contributed by atoms with van der Waals surface area (Å²) in [5.74, 6) is 0.0411. The molecule has 28 heavy (non-hydrogen) atoms. The maximum Gasteiger partial charge on any atom is 0.238 e. The zero-order valence-electron chi connectivity index (χ0n) is 15.0. The molecule has 0 radical (unpaired) electrons. The third-order valence-corrected chi connectivity index (χ3v) is 10.3. The van der Waals surface area contributed by atoms with Gasteiger partial charge in [0.2, 0.25) is 10.0 Å². The second-order valence-corrected chi connectivity index (χ2v) is 11.7. The molecule has 1 saturated carbocycles. The number of primary sulfonamides is 1. The maximum atomic E-state index is 11.6. The van der Waals surface area contributed by atoms with Crippen LogP contribution >= 0.6 is 47.8 Å². The molecule has 3 aliphatic rings. The Bertz CT molecular complexity index is 1070. The van der Waals surface area contributed by atoms with Gasteiger partial charge in [0.1, 0.15) is 0 Å². The number of hydrogen-bond acceptors (Lipinski definition) is 3. The topological polar surface area (TPSA) is 69.4 Å². The predicted octanol–water partition coefficient (Wildman–Crippen LogP) is 5.36. The van der Waals surface area contributed by atoms with Crippen LogP contribution in [0.3, 0.4) is 0 Å². The van der Waals surface area contributed by atoms with Crippen molar-refractivity contribution in [2.24, 2.45) is 16.5 Å². The highest BCUT2D eigenvalue weighted by atomic mass is 79.9. The van der Waals surface area contributed by atoms with Crippen LogP contribution in [-0.4, -0.2) is 20.0 Å². The average Bonchev–Trinajstić information content (AvgIpc) is 3.31. The third-order valence-electron chi connectivity index (χ3n) is 5.42. The predicted molar refractivity (Wildman–Crippen MR) is 122 cm³/mol. The van der Waals surface area contributed by atoms with Crippen molar-refractivity contribution in [1.29, 1.82) is 0 Å². The Morgan fingerprint density at radius 2 is 1.79 bits per heavy atom. The standard InChI is InChI=1S/C20H18Br3NO3S/c1-27-20(23)7-6-14(17(21)18(20)22)16-11-19(8-9-19)10-15(16)12-2-4-13(5-3-12)28(24,25)26/h2-7,10-11,14H,8-9H2,1H3,(H2,24,25,26). The molecular weight excluding hydrogens is 574 g/mol. The van der Waals surface area contributed by atoms with Crippen molar-refractivity contribution in [3.63, 3.8) is 0 Å². The monoisotopic (exact) mass is 589 g/mol. The molecular formula is C20H18Br3NO3S. The van der Waals surface area contributed by atoms with Gasteiger partial charge in [-0.2, -0.15) is 0 Å². The zero-order valence-corrected chi connectivity index (χ0v) is 20.5. The second-order valence-electron chi connectivity index (χ2n) is 7.31. The van der Waals surface area contributed by atoms with Gasteiger partial charge >= 0.3 is 0 Å². The van der Waals surface area contributed by atoms with Gasteiger partial charge in [-0.25, -0.2) is 13.6 Å². The zero-order chi connectivity index (χ0) is 20.3. The number of sulfonamides is 1. The minimum atomic E-state index is -3.71. The van der Waals surface area contributed by atoms with Gasteiger partial charge in [-0.15, -0.1) is 0 Å². The van der Waals surface area contributed by atoms with Crippen LogP contribution in [0.5, 0.6) is 0 Å². The number of benzene rings is 1. The first kappa shape index (κ1) is 20.8. The van der Waals surface area contributed by atoms with Crippen LogP contribution in [0.1, 0.15) is 18.4 Å². The number of alkyl halides is 1. The van der Waals surface area contributed by atoms with Crippen LogP contribution in [0.2, 0.25) is 0 Å². The van der Waals surface area contributed by atoms with Crippen LogP contribution in [-0.2, 0) is 14.8 Å². The number of allylic oxidation sites excluding steroid dienone is 6. The number of hydrogen-bond donors (Lipinski definition) is 1. The van der Waals surface area contributed by atoms with E-state index in [0.717, 1.165) is 32.9 Å². The van der Waals surface area contributed by atoms with E-state index in [2.05, 4.69) is 66.0 Å². The van der Waals surface area contributed by atoms with Gasteiger partial charge in [-0.1, -0.05) is 62.2 Å². The highest BCUT2D eigenvalue weighted by Gasteiger charge is 2.45. The molecule has 0 bridgehead atoms. The molecule has 0 aromatic heterocycles. The minimum absolute atomic E-state index is 0.0411. The minimum Gasteiger partial charge on any atom is -0.358 e. The number of rotatable bonds is 4. The summed E-state index contributed by atoms with van der Waals surface area (Å²) in [6.45, 7) is 0. The Balaban J connectivity index is 1.74. The molecule has 4 rings (SSSR count). The first-order valence-electron chi connectivity index (χ1n) is 8.67. The molecule has 8 heteroatoms. The van der Waals surface area contributed by atoms with Crippen molar-refractivity contribution in [3.8, 4) is 0 Å². The summed E-state index contributed by atoms with van der Waals surface area (Å²) in [5, 5.41) is 5.23. The highest BCUT2D eigenvalue weighted by molar-refractivity contribution is 9.15. The Morgan fingerprint density at radius 1 is 1.14 bits per heavy atom. The Hall–Kier alpha value is -0.510. The summed E-state index contributed by atoms with van der Waals surface area (Å²) >= 11 is 11.0. The van der Waals surface area contributed by atoms with Crippen LogP contribution in [0.15, 0.2) is 68.0 Å². The van der Waals surface area contributed by atoms with E-state index in [4.69, 9.17) is 9.88 Å². The van der Waals surface area contributed by atoms with E-state index in [-0.39, 0.29) is 16.2 Å². The average molecular weight is 592 g/mol. The lowest BCUT2D eigenvalue weighted by atomic mass is 9.87. The first-order chi connectivity index (χ1) is 13.1. The van der Waals surface area contributed by atoms with Gasteiger partial charge in [0.15, 0.2) is 4.51 Å². The smallest absolute Gasteiger partial charge is 0.238 e. The molecule has 0 heterocycles. The van der Waals surface area contributed by atoms with Gasteiger partial charge in [0.05, 0.1) is 9.38 Å². The maximum absolute atomic E-state index is 11.6. The first-order valence-corrected chi connectivity index (χ1v) is 12.6. The van der Waals surface area contributed by atoms with Crippen molar-refractivity contribution < 1.29 is 13.2 Å². The van der Waals surface area contributed by atoms with Crippen molar-refractivity contribution in [2.75, 3.05) is 7.11 Å². The lowest BCUT2D eigenvalue weighted by Crippen LogP contribution is -2.26. The van der Waals surface area contributed by atoms with Crippen molar-refractivity contribution in [3.05, 3.63) is 68.7 Å². The number of ether oxygens (including phenoxy) is 1. The Morgan fingerprint density at radius 3 is 2.32 bits per heavy atom. The van der Waals surface area contributed by atoms with Gasteiger partial charge in [0, 0.05) is 22.9 Å². The summed E-state index contributed by atoms with van der Waals surface area (Å²) in [5.41, 5.74) is 3.44. The molecule has 3 aliphatic carbocycles. The molecule has 0 amide bonds. The van der Waals surface area contributed by atoms with Crippen LogP contribution in [0, 0.1) is 11.3 Å². The quantitative estimate of drug-likeness (QED) is 0.378. The van der Waals surface area contributed by atoms with E-state index in [1.807, 2.05) is 18.2 Å². The van der Waals surface area contributed by atoms with Crippen molar-refractivity contribution in [1.82, 2.24) is 0 Å². The van der Waals surface area contributed by atoms with E-state index in [1.54, 1.807) is 19.2 Å². The Kier molecular flexibility index (Phi) is 5.21. The lowest BCUT2D eigenvalue weighted by molar-refractivity contribution is 0.151. The summed E-state index contributed by atoms with van der Waals surface area (Å²) in [6, 6.07) is 6.77.